The first-order valence-corrected chi connectivity index (χ1v) is 31.4. The van der Waals surface area contributed by atoms with Gasteiger partial charge in [0.05, 0.1) is 27.0 Å². The van der Waals surface area contributed by atoms with Crippen LogP contribution in [0.25, 0.3) is 0 Å². The molecule has 68 heavy (non-hydrogen) atoms. The minimum absolute atomic E-state index is 0.0402. The van der Waals surface area contributed by atoms with Crippen molar-refractivity contribution in [2.24, 2.45) is 0 Å². The number of unbranched alkanes of at least 4 members (excludes halogenated alkanes) is 24. The van der Waals surface area contributed by atoms with E-state index in [-0.39, 0.29) is 17.7 Å². The van der Waals surface area contributed by atoms with Crippen molar-refractivity contribution in [2.45, 2.75) is 274 Å². The van der Waals surface area contributed by atoms with E-state index in [0.29, 0.717) is 25.4 Å². The van der Waals surface area contributed by atoms with Gasteiger partial charge in [-0.2, -0.15) is 8.42 Å². The summed E-state index contributed by atoms with van der Waals surface area (Å²) in [6.07, 6.45) is 23.2. The van der Waals surface area contributed by atoms with Crippen LogP contribution in [0.5, 0.6) is 11.5 Å². The van der Waals surface area contributed by atoms with Crippen LogP contribution in [0, 0.1) is 0 Å². The molecular formula is C53H97NO12SSi. The summed E-state index contributed by atoms with van der Waals surface area (Å²) in [6, 6.07) is 2.16. The van der Waals surface area contributed by atoms with Crippen LogP contribution in [0.2, 0.25) is 18.1 Å². The fourth-order valence-corrected chi connectivity index (χ4v) is 12.2. The second-order valence-electron chi connectivity index (χ2n) is 21.3. The monoisotopic (exact) mass is 1000 g/mol. The second kappa shape index (κ2) is 31.4. The average molecular weight is 1000 g/mol. The molecule has 6 N–H and O–H groups in total. The zero-order chi connectivity index (χ0) is 50.9. The topological polar surface area (TPSA) is 209 Å². The summed E-state index contributed by atoms with van der Waals surface area (Å²) in [5.74, 6) is -1.50. The Bertz CT molecular complexity index is 1690. The molecule has 15 heteroatoms. The third-order valence-electron chi connectivity index (χ3n) is 14.7. The minimum Gasteiger partial charge on any atom is -0.490 e. The molecule has 1 aromatic carbocycles. The molecule has 1 unspecified atom stereocenters. The van der Waals surface area contributed by atoms with Crippen molar-refractivity contribution in [3.8, 4) is 11.5 Å². The van der Waals surface area contributed by atoms with Gasteiger partial charge in [-0.05, 0) is 42.5 Å². The van der Waals surface area contributed by atoms with E-state index in [1.54, 1.807) is 39.9 Å². The van der Waals surface area contributed by atoms with Gasteiger partial charge in [-0.25, -0.2) is 0 Å². The lowest BCUT2D eigenvalue weighted by Gasteiger charge is -2.56. The molecule has 0 aliphatic carbocycles. The van der Waals surface area contributed by atoms with Crippen molar-refractivity contribution >= 4 is 29.9 Å². The highest BCUT2D eigenvalue weighted by Gasteiger charge is 2.76. The third kappa shape index (κ3) is 18.5. The second-order valence-corrected chi connectivity index (χ2v) is 28.4. The Balaban J connectivity index is 2.45. The molecule has 0 aromatic heterocycles. The molecule has 1 fully saturated rings. The van der Waals surface area contributed by atoms with Gasteiger partial charge in [-0.3, -0.25) is 14.1 Å². The molecule has 396 valence electrons. The van der Waals surface area contributed by atoms with E-state index in [1.165, 1.54) is 95.6 Å². The van der Waals surface area contributed by atoms with Gasteiger partial charge in [0.15, 0.2) is 29.2 Å². The van der Waals surface area contributed by atoms with Crippen LogP contribution in [-0.2, 0) is 19.6 Å². The summed E-state index contributed by atoms with van der Waals surface area (Å²) >= 11 is 0. The fraction of sp³-hybridized carbons (Fsp3) is 0.849. The summed E-state index contributed by atoms with van der Waals surface area (Å²) in [5.41, 5.74) is -5.47. The molecule has 0 radical (unpaired) electrons. The standard InChI is InChI=1S/C53H97NO12SSi/c1-9-12-15-18-21-24-25-26-27-30-33-36-45(55)52(59)46(49(57)66-47(53(52,60)67(61,62)63)50(58)68(7,8)51(4,5)6)54-48(56)42-37-38-43(64-39-34-31-28-22-19-16-13-10-2)44(41-42)65-40-35-32-29-23-20-17-14-11-3/h37-38,41,46-47,49-50,57-60H,9-36,39-40H2,1-8H3,(H,54,56)(H,61,62,63)/t46-,47-,49+,50?,52-,53+/m1/s1. The molecule has 2 rings (SSSR count). The van der Waals surface area contributed by atoms with Crippen molar-refractivity contribution in [2.75, 3.05) is 13.2 Å². The highest BCUT2D eigenvalue weighted by molar-refractivity contribution is 7.87. The number of carbonyl (C=O) groups excluding carboxylic acids is 2. The Kier molecular flexibility index (Phi) is 28.6. The van der Waals surface area contributed by atoms with Gasteiger partial charge in [0.1, 0.15) is 12.1 Å². The zero-order valence-corrected chi connectivity index (χ0v) is 45.6. The SMILES string of the molecule is CCCCCCCCCCCCCC(=O)[C@@]1(O)[C@H](NC(=O)c2ccc(OCCCCCCCCCC)c(OCCCCCCCCCC)c2)[C@@H](O)O[C@H](C(O)[Si](C)(C)C(C)(C)C)[C@]1(O)S(=O)(=O)O. The van der Waals surface area contributed by atoms with Crippen LogP contribution in [0.1, 0.15) is 232 Å². The van der Waals surface area contributed by atoms with Gasteiger partial charge in [-0.1, -0.05) is 209 Å². The maximum Gasteiger partial charge on any atom is 0.301 e. The van der Waals surface area contributed by atoms with Gasteiger partial charge in [0, 0.05) is 12.0 Å². The summed E-state index contributed by atoms with van der Waals surface area (Å²) < 4.78 is 56.2. The molecule has 1 aromatic rings. The van der Waals surface area contributed by atoms with Crippen LogP contribution in [0.15, 0.2) is 18.2 Å². The predicted molar refractivity (Wildman–Crippen MR) is 276 cm³/mol. The largest absolute Gasteiger partial charge is 0.490 e. The third-order valence-corrected chi connectivity index (χ3v) is 21.7. The zero-order valence-electron chi connectivity index (χ0n) is 43.8. The Morgan fingerprint density at radius 3 is 1.50 bits per heavy atom. The highest BCUT2D eigenvalue weighted by atomic mass is 32.2. The van der Waals surface area contributed by atoms with E-state index >= 15 is 0 Å². The molecule has 1 heterocycles. The van der Waals surface area contributed by atoms with Gasteiger partial charge < -0.3 is 40.0 Å². The normalized spacial score (nSPS) is 21.7. The average Bonchev–Trinajstić information content (AvgIpc) is 3.28. The van der Waals surface area contributed by atoms with Gasteiger partial charge in [0.25, 0.3) is 10.8 Å². The van der Waals surface area contributed by atoms with Crippen molar-refractivity contribution in [1.82, 2.24) is 5.32 Å². The number of ketones is 1. The number of hydrogen-bond acceptors (Lipinski definition) is 11. The van der Waals surface area contributed by atoms with Crippen LogP contribution in [-0.4, -0.2) is 101 Å². The van der Waals surface area contributed by atoms with E-state index in [9.17, 15) is 43.0 Å². The van der Waals surface area contributed by atoms with Gasteiger partial charge in [-0.15, -0.1) is 0 Å². The summed E-state index contributed by atoms with van der Waals surface area (Å²) in [5, 5.41) is 50.4. The summed E-state index contributed by atoms with van der Waals surface area (Å²) in [7, 11) is -9.09. The maximum absolute atomic E-state index is 14.5. The van der Waals surface area contributed by atoms with Gasteiger partial charge >= 0.3 is 10.1 Å². The number of aliphatic hydroxyl groups is 4. The number of rotatable bonds is 38. The lowest BCUT2D eigenvalue weighted by molar-refractivity contribution is -0.298. The summed E-state index contributed by atoms with van der Waals surface area (Å²) in [4.78, 5) is 24.9. The first kappa shape index (κ1) is 62.0. The van der Waals surface area contributed by atoms with Crippen molar-refractivity contribution < 1.29 is 57.2 Å². The van der Waals surface area contributed by atoms with Crippen LogP contribution >= 0.6 is 0 Å². The van der Waals surface area contributed by atoms with Crippen LogP contribution in [0.3, 0.4) is 0 Å². The summed E-state index contributed by atoms with van der Waals surface area (Å²) in [6.45, 7) is 16.2. The van der Waals surface area contributed by atoms with E-state index in [1.807, 2.05) is 0 Å². The molecule has 0 saturated carbocycles. The minimum atomic E-state index is -5.92. The number of nitrogens with one attached hydrogen (secondary N) is 1. The molecule has 13 nitrogen and oxygen atoms in total. The Hall–Kier alpha value is -2.11. The quantitative estimate of drug-likeness (QED) is 0.0208. The number of ether oxygens (including phenoxy) is 3. The number of amides is 1. The molecule has 1 amide bonds. The maximum atomic E-state index is 14.5. The molecule has 1 saturated heterocycles. The molecule has 1 aliphatic heterocycles. The molecule has 0 bridgehead atoms. The van der Waals surface area contributed by atoms with E-state index in [2.05, 4.69) is 26.1 Å². The lowest BCUT2D eigenvalue weighted by atomic mass is 9.76. The van der Waals surface area contributed by atoms with Crippen LogP contribution < -0.4 is 14.8 Å². The van der Waals surface area contributed by atoms with Crippen LogP contribution in [0.4, 0.5) is 0 Å². The van der Waals surface area contributed by atoms with Crippen molar-refractivity contribution in [3.05, 3.63) is 23.8 Å². The Morgan fingerprint density at radius 2 is 1.09 bits per heavy atom. The smallest absolute Gasteiger partial charge is 0.301 e. The molecule has 0 spiro atoms. The molecule has 6 atom stereocenters. The number of carbonyl (C=O) groups is 2. The first-order chi connectivity index (χ1) is 32.2. The van der Waals surface area contributed by atoms with Crippen molar-refractivity contribution in [3.63, 3.8) is 0 Å². The molecular weight excluding hydrogens is 903 g/mol. The first-order valence-electron chi connectivity index (χ1n) is 26.8. The van der Waals surface area contributed by atoms with Gasteiger partial charge in [0.2, 0.25) is 0 Å². The molecule has 1 aliphatic rings. The van der Waals surface area contributed by atoms with E-state index in [0.717, 1.165) is 77.0 Å². The number of Topliss-reactive ketones (excluding diaryl/α,β-unsaturated/α-hetero) is 1. The highest BCUT2D eigenvalue weighted by Crippen LogP contribution is 2.48. The fourth-order valence-electron chi connectivity index (χ4n) is 9.05. The Labute approximate surface area is 413 Å². The number of hydrogen-bond donors (Lipinski definition) is 6. The van der Waals surface area contributed by atoms with E-state index < -0.39 is 76.0 Å². The Morgan fingerprint density at radius 1 is 0.691 bits per heavy atom. The van der Waals surface area contributed by atoms with E-state index in [4.69, 9.17) is 14.2 Å². The number of aliphatic hydroxyl groups excluding tert-OH is 2. The predicted octanol–water partition coefficient (Wildman–Crippen LogP) is 11.5. The lowest BCUT2D eigenvalue weighted by Crippen LogP contribution is -2.84. The number of benzene rings is 1. The van der Waals surface area contributed by atoms with Crippen molar-refractivity contribution in [1.29, 1.82) is 0 Å².